The van der Waals surface area contributed by atoms with Gasteiger partial charge in [-0.2, -0.15) is 0 Å². The number of nitrogens with zero attached hydrogens (tertiary/aromatic N) is 1. The molecule has 1 aromatic heterocycles. The maximum absolute atomic E-state index is 12.2. The molecule has 0 spiro atoms. The Bertz CT molecular complexity index is 352. The van der Waals surface area contributed by atoms with E-state index < -0.39 is 24.9 Å². The number of hydrogen-bond acceptors (Lipinski definition) is 2. The van der Waals surface area contributed by atoms with Gasteiger partial charge in [0, 0.05) is 12.2 Å². The largest absolute Gasteiger partial charge is 0.394 e. The summed E-state index contributed by atoms with van der Waals surface area (Å²) in [5.41, 5.74) is 0.167. The normalized spacial score (nSPS) is 12.8. The predicted molar refractivity (Wildman–Crippen MR) is 54.5 cm³/mol. The van der Waals surface area contributed by atoms with Crippen LogP contribution in [-0.4, -0.2) is 34.7 Å². The lowest BCUT2D eigenvalue weighted by atomic mass is 10.3. The number of carbonyl (C=O) groups is 1. The van der Waals surface area contributed by atoms with E-state index in [1.165, 1.54) is 22.9 Å². The van der Waals surface area contributed by atoms with Gasteiger partial charge in [0.05, 0.1) is 13.2 Å². The van der Waals surface area contributed by atoms with Gasteiger partial charge in [0.25, 0.3) is 12.3 Å². The van der Waals surface area contributed by atoms with Crippen LogP contribution in [0.3, 0.4) is 0 Å². The molecular weight excluding hydrogens is 218 g/mol. The standard InChI is InChI=1S/C10H14F2N2O2/c1-7(6-15)13-10(16)8-3-2-4-14(8)5-9(11)12/h2-4,7,9,15H,5-6H2,1H3,(H,13,16). The average molecular weight is 232 g/mol. The van der Waals surface area contributed by atoms with E-state index in [0.717, 1.165) is 0 Å². The van der Waals surface area contributed by atoms with Gasteiger partial charge in [-0.25, -0.2) is 8.78 Å². The van der Waals surface area contributed by atoms with Crippen molar-refractivity contribution in [3.63, 3.8) is 0 Å². The number of hydrogen-bond donors (Lipinski definition) is 2. The highest BCUT2D eigenvalue weighted by molar-refractivity contribution is 5.92. The van der Waals surface area contributed by atoms with E-state index in [0.29, 0.717) is 0 Å². The lowest BCUT2D eigenvalue weighted by Crippen LogP contribution is -2.36. The number of halogens is 2. The van der Waals surface area contributed by atoms with Gasteiger partial charge in [-0.1, -0.05) is 0 Å². The number of aliphatic hydroxyl groups excluding tert-OH is 1. The summed E-state index contributed by atoms with van der Waals surface area (Å²) in [6.07, 6.45) is -1.08. The fourth-order valence-corrected chi connectivity index (χ4v) is 1.27. The minimum Gasteiger partial charge on any atom is -0.394 e. The smallest absolute Gasteiger partial charge is 0.268 e. The highest BCUT2D eigenvalue weighted by Crippen LogP contribution is 2.06. The van der Waals surface area contributed by atoms with Crippen LogP contribution in [0.25, 0.3) is 0 Å². The molecule has 0 aliphatic heterocycles. The zero-order chi connectivity index (χ0) is 12.1. The van der Waals surface area contributed by atoms with E-state index in [9.17, 15) is 13.6 Å². The van der Waals surface area contributed by atoms with Crippen molar-refractivity contribution in [2.24, 2.45) is 0 Å². The zero-order valence-corrected chi connectivity index (χ0v) is 8.86. The van der Waals surface area contributed by atoms with E-state index in [1.807, 2.05) is 0 Å². The fourth-order valence-electron chi connectivity index (χ4n) is 1.27. The molecule has 1 heterocycles. The van der Waals surface area contributed by atoms with E-state index in [2.05, 4.69) is 5.32 Å². The second-order valence-electron chi connectivity index (χ2n) is 3.49. The van der Waals surface area contributed by atoms with Crippen molar-refractivity contribution >= 4 is 5.91 Å². The molecule has 90 valence electrons. The van der Waals surface area contributed by atoms with Crippen molar-refractivity contribution in [3.8, 4) is 0 Å². The number of alkyl halides is 2. The molecule has 0 radical (unpaired) electrons. The van der Waals surface area contributed by atoms with E-state index in [4.69, 9.17) is 5.11 Å². The van der Waals surface area contributed by atoms with Crippen molar-refractivity contribution in [1.82, 2.24) is 9.88 Å². The minimum atomic E-state index is -2.51. The predicted octanol–water partition coefficient (Wildman–Crippen LogP) is 0.864. The summed E-state index contributed by atoms with van der Waals surface area (Å²) in [6, 6.07) is 2.59. The number of rotatable bonds is 5. The van der Waals surface area contributed by atoms with Gasteiger partial charge >= 0.3 is 0 Å². The van der Waals surface area contributed by atoms with Crippen LogP contribution in [-0.2, 0) is 6.54 Å². The van der Waals surface area contributed by atoms with Gasteiger partial charge in [0.2, 0.25) is 0 Å². The third kappa shape index (κ3) is 3.30. The summed E-state index contributed by atoms with van der Waals surface area (Å²) in [4.78, 5) is 11.6. The molecule has 1 amide bonds. The van der Waals surface area contributed by atoms with Crippen molar-refractivity contribution in [2.45, 2.75) is 25.9 Å². The maximum Gasteiger partial charge on any atom is 0.268 e. The summed E-state index contributed by atoms with van der Waals surface area (Å²) in [5.74, 6) is -0.466. The first-order valence-corrected chi connectivity index (χ1v) is 4.89. The number of carbonyl (C=O) groups excluding carboxylic acids is 1. The Morgan fingerprint density at radius 1 is 1.62 bits per heavy atom. The Morgan fingerprint density at radius 2 is 2.31 bits per heavy atom. The average Bonchev–Trinajstić information content (AvgIpc) is 2.64. The number of amides is 1. The summed E-state index contributed by atoms with van der Waals surface area (Å²) in [6.45, 7) is 0.919. The van der Waals surface area contributed by atoms with Crippen molar-refractivity contribution in [1.29, 1.82) is 0 Å². The van der Waals surface area contributed by atoms with Crippen LogP contribution in [0.4, 0.5) is 8.78 Å². The van der Waals surface area contributed by atoms with Crippen LogP contribution in [0.5, 0.6) is 0 Å². The number of nitrogens with one attached hydrogen (secondary N) is 1. The monoisotopic (exact) mass is 232 g/mol. The molecule has 0 aliphatic carbocycles. The Hall–Kier alpha value is -1.43. The molecule has 0 aromatic carbocycles. The topological polar surface area (TPSA) is 54.3 Å². The highest BCUT2D eigenvalue weighted by Gasteiger charge is 2.15. The van der Waals surface area contributed by atoms with Crippen molar-refractivity contribution in [2.75, 3.05) is 6.61 Å². The molecule has 1 aromatic rings. The maximum atomic E-state index is 12.2. The Morgan fingerprint density at radius 3 is 2.88 bits per heavy atom. The molecule has 0 fully saturated rings. The molecular formula is C10H14F2N2O2. The molecule has 1 atom stereocenters. The second-order valence-corrected chi connectivity index (χ2v) is 3.49. The first kappa shape index (κ1) is 12.6. The highest BCUT2D eigenvalue weighted by atomic mass is 19.3. The van der Waals surface area contributed by atoms with Crippen molar-refractivity contribution in [3.05, 3.63) is 24.0 Å². The van der Waals surface area contributed by atoms with Crippen LogP contribution in [0.15, 0.2) is 18.3 Å². The molecule has 2 N–H and O–H groups in total. The molecule has 1 rings (SSSR count). The van der Waals surface area contributed by atoms with Gasteiger partial charge in [0.1, 0.15) is 5.69 Å². The molecule has 0 saturated carbocycles. The van der Waals surface area contributed by atoms with Gasteiger partial charge in [-0.15, -0.1) is 0 Å². The van der Waals surface area contributed by atoms with E-state index >= 15 is 0 Å². The number of aromatic nitrogens is 1. The molecule has 0 saturated heterocycles. The van der Waals surface area contributed by atoms with Gasteiger partial charge in [0.15, 0.2) is 0 Å². The Labute approximate surface area is 91.9 Å². The first-order chi connectivity index (χ1) is 7.54. The van der Waals surface area contributed by atoms with Gasteiger partial charge in [-0.3, -0.25) is 4.79 Å². The third-order valence-corrected chi connectivity index (χ3v) is 2.05. The van der Waals surface area contributed by atoms with E-state index in [1.54, 1.807) is 6.92 Å². The van der Waals surface area contributed by atoms with Crippen molar-refractivity contribution < 1.29 is 18.7 Å². The summed E-state index contributed by atoms with van der Waals surface area (Å²) in [5, 5.41) is 11.2. The zero-order valence-electron chi connectivity index (χ0n) is 8.86. The third-order valence-electron chi connectivity index (χ3n) is 2.05. The molecule has 0 bridgehead atoms. The van der Waals surface area contributed by atoms with Gasteiger partial charge in [-0.05, 0) is 19.1 Å². The summed E-state index contributed by atoms with van der Waals surface area (Å²) in [7, 11) is 0. The summed E-state index contributed by atoms with van der Waals surface area (Å²) >= 11 is 0. The first-order valence-electron chi connectivity index (χ1n) is 4.89. The molecule has 1 unspecified atom stereocenters. The van der Waals surface area contributed by atoms with Crippen LogP contribution in [0.1, 0.15) is 17.4 Å². The Kier molecular flexibility index (Phi) is 4.42. The molecule has 16 heavy (non-hydrogen) atoms. The fraction of sp³-hybridized carbons (Fsp3) is 0.500. The van der Waals surface area contributed by atoms with Crippen LogP contribution in [0, 0.1) is 0 Å². The number of aliphatic hydroxyl groups is 1. The second kappa shape index (κ2) is 5.60. The lowest BCUT2D eigenvalue weighted by molar-refractivity contribution is 0.0900. The van der Waals surface area contributed by atoms with Crippen LogP contribution >= 0.6 is 0 Å². The molecule has 0 aliphatic rings. The SMILES string of the molecule is CC(CO)NC(=O)c1cccn1CC(F)F. The lowest BCUT2D eigenvalue weighted by Gasteiger charge is -2.12. The van der Waals surface area contributed by atoms with Gasteiger partial charge < -0.3 is 15.0 Å². The Balaban J connectivity index is 2.71. The summed E-state index contributed by atoms with van der Waals surface area (Å²) < 4.78 is 25.5. The van der Waals surface area contributed by atoms with Crippen LogP contribution in [0.2, 0.25) is 0 Å². The van der Waals surface area contributed by atoms with Crippen LogP contribution < -0.4 is 5.32 Å². The quantitative estimate of drug-likeness (QED) is 0.791. The van der Waals surface area contributed by atoms with E-state index in [-0.39, 0.29) is 12.3 Å². The molecule has 6 heteroatoms. The minimum absolute atomic E-state index is 0.167. The molecule has 4 nitrogen and oxygen atoms in total.